The molecular formula is C22H16N4OS. The van der Waals surface area contributed by atoms with E-state index in [4.69, 9.17) is 0 Å². The van der Waals surface area contributed by atoms with Crippen LogP contribution < -0.4 is 5.32 Å². The number of rotatable bonds is 3. The van der Waals surface area contributed by atoms with Gasteiger partial charge in [-0.25, -0.2) is 4.98 Å². The molecule has 28 heavy (non-hydrogen) atoms. The number of benzene rings is 2. The van der Waals surface area contributed by atoms with Crippen molar-refractivity contribution in [3.8, 4) is 11.3 Å². The Kier molecular flexibility index (Phi) is 3.91. The lowest BCUT2D eigenvalue weighted by Crippen LogP contribution is -2.14. The van der Waals surface area contributed by atoms with Crippen molar-refractivity contribution in [2.24, 2.45) is 0 Å². The number of nitrogens with zero attached hydrogens (tertiary/aromatic N) is 3. The number of hydrogen-bond donors (Lipinski definition) is 1. The van der Waals surface area contributed by atoms with Gasteiger partial charge in [-0.2, -0.15) is 0 Å². The molecular weight excluding hydrogens is 368 g/mol. The lowest BCUT2D eigenvalue weighted by Gasteiger charge is -2.09. The van der Waals surface area contributed by atoms with E-state index < -0.39 is 0 Å². The number of imidazole rings is 1. The van der Waals surface area contributed by atoms with Crippen molar-refractivity contribution in [3.05, 3.63) is 83.6 Å². The number of aromatic nitrogens is 3. The van der Waals surface area contributed by atoms with Crippen LogP contribution in [0.25, 0.3) is 27.1 Å². The van der Waals surface area contributed by atoms with Gasteiger partial charge in [-0.1, -0.05) is 48.5 Å². The number of nitrogens with one attached hydrogen (secondary N) is 1. The molecule has 2 aromatic carbocycles. The summed E-state index contributed by atoms with van der Waals surface area (Å²) in [6, 6.07) is 19.7. The second-order valence-corrected chi connectivity index (χ2v) is 7.38. The summed E-state index contributed by atoms with van der Waals surface area (Å²) in [6.45, 7) is 1.92. The monoisotopic (exact) mass is 384 g/mol. The van der Waals surface area contributed by atoms with Gasteiger partial charge in [-0.05, 0) is 19.1 Å². The third-order valence-corrected chi connectivity index (χ3v) is 5.44. The standard InChI is InChI=1S/C22H16N4OS/c1-14-11-18(16-9-5-6-10-17(16)23-14)24-21(27)20-13-28-22-25-19(12-26(20)22)15-7-3-2-4-8-15/h2-13H,1H3,(H,23,24,27). The van der Waals surface area contributed by atoms with Crippen molar-refractivity contribution in [3.63, 3.8) is 0 Å². The molecule has 0 saturated carbocycles. The Morgan fingerprint density at radius 3 is 2.68 bits per heavy atom. The molecule has 1 amide bonds. The fourth-order valence-electron chi connectivity index (χ4n) is 3.29. The Hall–Kier alpha value is -3.51. The molecule has 3 heterocycles. The van der Waals surface area contributed by atoms with Gasteiger partial charge in [-0.3, -0.25) is 14.2 Å². The SMILES string of the molecule is Cc1cc(NC(=O)c2csc3nc(-c4ccccc4)cn23)c2ccccc2n1. The van der Waals surface area contributed by atoms with Crippen LogP contribution in [-0.4, -0.2) is 20.3 Å². The third kappa shape index (κ3) is 2.84. The molecule has 136 valence electrons. The van der Waals surface area contributed by atoms with Crippen molar-refractivity contribution < 1.29 is 4.79 Å². The predicted octanol–water partition coefficient (Wildman–Crippen LogP) is 5.17. The van der Waals surface area contributed by atoms with Crippen LogP contribution in [-0.2, 0) is 0 Å². The van der Waals surface area contributed by atoms with E-state index in [-0.39, 0.29) is 5.91 Å². The topological polar surface area (TPSA) is 59.3 Å². The molecule has 0 atom stereocenters. The number of fused-ring (bicyclic) bond motifs is 2. The van der Waals surface area contributed by atoms with Gasteiger partial charge < -0.3 is 5.32 Å². The maximum absolute atomic E-state index is 13.0. The summed E-state index contributed by atoms with van der Waals surface area (Å²) in [6.07, 6.45) is 1.91. The first-order chi connectivity index (χ1) is 13.7. The quantitative estimate of drug-likeness (QED) is 0.467. The molecule has 5 rings (SSSR count). The molecule has 0 aliphatic heterocycles. The Balaban J connectivity index is 1.53. The molecule has 3 aromatic heterocycles. The molecule has 5 nitrogen and oxygen atoms in total. The Labute approximate surface area is 165 Å². The number of thiazole rings is 1. The molecule has 5 aromatic rings. The van der Waals surface area contributed by atoms with Gasteiger partial charge in [0.2, 0.25) is 0 Å². The summed E-state index contributed by atoms with van der Waals surface area (Å²) in [7, 11) is 0. The first-order valence-corrected chi connectivity index (χ1v) is 9.77. The van der Waals surface area contributed by atoms with E-state index in [2.05, 4.69) is 15.3 Å². The van der Waals surface area contributed by atoms with Crippen LogP contribution in [0.15, 0.2) is 72.2 Å². The second-order valence-electron chi connectivity index (χ2n) is 6.55. The maximum atomic E-state index is 13.0. The fourth-order valence-corrected chi connectivity index (χ4v) is 4.15. The molecule has 1 N–H and O–H groups in total. The normalized spacial score (nSPS) is 11.2. The van der Waals surface area contributed by atoms with Gasteiger partial charge >= 0.3 is 0 Å². The third-order valence-electron chi connectivity index (χ3n) is 4.60. The molecule has 0 aliphatic rings. The largest absolute Gasteiger partial charge is 0.320 e. The summed E-state index contributed by atoms with van der Waals surface area (Å²) in [5, 5.41) is 5.80. The second kappa shape index (κ2) is 6.58. The zero-order chi connectivity index (χ0) is 19.1. The fraction of sp³-hybridized carbons (Fsp3) is 0.0455. The lowest BCUT2D eigenvalue weighted by molar-refractivity contribution is 0.102. The zero-order valence-corrected chi connectivity index (χ0v) is 15.9. The first-order valence-electron chi connectivity index (χ1n) is 8.89. The minimum absolute atomic E-state index is 0.168. The first kappa shape index (κ1) is 16.6. The van der Waals surface area contributed by atoms with Crippen LogP contribution >= 0.6 is 11.3 Å². The number of pyridine rings is 1. The molecule has 0 spiro atoms. The summed E-state index contributed by atoms with van der Waals surface area (Å²) in [5.74, 6) is -0.168. The van der Waals surface area contributed by atoms with E-state index in [1.54, 1.807) is 0 Å². The number of amides is 1. The predicted molar refractivity (Wildman–Crippen MR) is 113 cm³/mol. The highest BCUT2D eigenvalue weighted by molar-refractivity contribution is 7.15. The van der Waals surface area contributed by atoms with E-state index >= 15 is 0 Å². The average molecular weight is 384 g/mol. The van der Waals surface area contributed by atoms with E-state index in [0.29, 0.717) is 5.69 Å². The smallest absolute Gasteiger partial charge is 0.273 e. The van der Waals surface area contributed by atoms with Gasteiger partial charge in [0.25, 0.3) is 5.91 Å². The van der Waals surface area contributed by atoms with Crippen molar-refractivity contribution in [2.45, 2.75) is 6.92 Å². The zero-order valence-electron chi connectivity index (χ0n) is 15.1. The number of anilines is 1. The molecule has 0 radical (unpaired) electrons. The summed E-state index contributed by atoms with van der Waals surface area (Å²) in [5.41, 5.74) is 4.93. The van der Waals surface area contributed by atoms with Crippen LogP contribution in [0, 0.1) is 6.92 Å². The Bertz CT molecular complexity index is 1320. The Morgan fingerprint density at radius 2 is 1.82 bits per heavy atom. The number of para-hydroxylation sites is 1. The minimum Gasteiger partial charge on any atom is -0.320 e. The molecule has 0 aliphatic carbocycles. The van der Waals surface area contributed by atoms with Gasteiger partial charge in [0.15, 0.2) is 4.96 Å². The van der Waals surface area contributed by atoms with Crippen molar-refractivity contribution in [1.29, 1.82) is 0 Å². The van der Waals surface area contributed by atoms with Gasteiger partial charge in [0.05, 0.1) is 16.9 Å². The number of hydrogen-bond acceptors (Lipinski definition) is 4. The highest BCUT2D eigenvalue weighted by Gasteiger charge is 2.16. The van der Waals surface area contributed by atoms with Crippen LogP contribution in [0.4, 0.5) is 5.69 Å². The van der Waals surface area contributed by atoms with Gasteiger partial charge in [0, 0.05) is 28.2 Å². The van der Waals surface area contributed by atoms with Crippen molar-refractivity contribution >= 4 is 38.8 Å². The number of aryl methyl sites for hydroxylation is 1. The molecule has 0 unspecified atom stereocenters. The number of carbonyl (C=O) groups is 1. The van der Waals surface area contributed by atoms with Crippen LogP contribution in [0.1, 0.15) is 16.2 Å². The van der Waals surface area contributed by atoms with E-state index in [0.717, 1.165) is 38.5 Å². The summed E-state index contributed by atoms with van der Waals surface area (Å²) >= 11 is 1.45. The molecule has 0 saturated heterocycles. The van der Waals surface area contributed by atoms with Crippen LogP contribution in [0.3, 0.4) is 0 Å². The molecule has 0 bridgehead atoms. The molecule has 6 heteroatoms. The summed E-state index contributed by atoms with van der Waals surface area (Å²) in [4.78, 5) is 23.0. The highest BCUT2D eigenvalue weighted by Crippen LogP contribution is 2.26. The van der Waals surface area contributed by atoms with E-state index in [1.807, 2.05) is 83.6 Å². The van der Waals surface area contributed by atoms with Crippen LogP contribution in [0.5, 0.6) is 0 Å². The highest BCUT2D eigenvalue weighted by atomic mass is 32.1. The Morgan fingerprint density at radius 1 is 1.04 bits per heavy atom. The van der Waals surface area contributed by atoms with Crippen molar-refractivity contribution in [2.75, 3.05) is 5.32 Å². The van der Waals surface area contributed by atoms with Crippen LogP contribution in [0.2, 0.25) is 0 Å². The van der Waals surface area contributed by atoms with E-state index in [9.17, 15) is 4.79 Å². The maximum Gasteiger partial charge on any atom is 0.273 e. The van der Waals surface area contributed by atoms with Gasteiger partial charge in [-0.15, -0.1) is 11.3 Å². The lowest BCUT2D eigenvalue weighted by atomic mass is 10.1. The minimum atomic E-state index is -0.168. The molecule has 0 fully saturated rings. The van der Waals surface area contributed by atoms with Gasteiger partial charge in [0.1, 0.15) is 5.69 Å². The number of carbonyl (C=O) groups excluding carboxylic acids is 1. The van der Waals surface area contributed by atoms with E-state index in [1.165, 1.54) is 11.3 Å². The average Bonchev–Trinajstić information content (AvgIpc) is 3.29. The van der Waals surface area contributed by atoms with Crippen molar-refractivity contribution in [1.82, 2.24) is 14.4 Å². The summed E-state index contributed by atoms with van der Waals surface area (Å²) < 4.78 is 1.85.